The topological polar surface area (TPSA) is 111 Å². The minimum absolute atomic E-state index is 0.152. The Hall–Kier alpha value is -2.91. The van der Waals surface area contributed by atoms with Crippen LogP contribution in [-0.2, 0) is 19.1 Å². The molecule has 0 unspecified atom stereocenters. The third kappa shape index (κ3) is 4.22. The monoisotopic (exact) mass is 513 g/mol. The van der Waals surface area contributed by atoms with Crippen LogP contribution in [0.25, 0.3) is 0 Å². The predicted molar refractivity (Wildman–Crippen MR) is 140 cm³/mol. The van der Waals surface area contributed by atoms with E-state index in [2.05, 4.69) is 25.3 Å². The average Bonchev–Trinajstić information content (AvgIpc) is 3.51. The highest BCUT2D eigenvalue weighted by Crippen LogP contribution is 2.59. The Bertz CT molecular complexity index is 1040. The molecule has 3 saturated heterocycles. The molecule has 0 aromatic heterocycles. The van der Waals surface area contributed by atoms with E-state index >= 15 is 0 Å². The Morgan fingerprint density at radius 3 is 2.35 bits per heavy atom. The summed E-state index contributed by atoms with van der Waals surface area (Å²) in [6, 6.07) is 6.00. The van der Waals surface area contributed by atoms with E-state index in [1.807, 2.05) is 38.1 Å². The van der Waals surface area contributed by atoms with Gasteiger partial charge in [0.2, 0.25) is 5.91 Å². The molecular weight excluding hydrogens is 474 g/mol. The summed E-state index contributed by atoms with van der Waals surface area (Å²) in [5.41, 5.74) is 0.462. The van der Waals surface area contributed by atoms with Crippen LogP contribution in [0.15, 0.2) is 36.9 Å². The van der Waals surface area contributed by atoms with Crippen molar-refractivity contribution in [1.29, 1.82) is 0 Å². The zero-order valence-electron chi connectivity index (χ0n) is 22.2. The molecule has 202 valence electrons. The van der Waals surface area contributed by atoms with Crippen molar-refractivity contribution >= 4 is 29.2 Å². The van der Waals surface area contributed by atoms with E-state index in [0.29, 0.717) is 18.5 Å². The highest BCUT2D eigenvalue weighted by Gasteiger charge is 2.75. The number of aliphatic hydroxyl groups excluding tert-OH is 1. The van der Waals surface area contributed by atoms with Gasteiger partial charge in [-0.3, -0.25) is 14.4 Å². The van der Waals surface area contributed by atoms with E-state index in [0.717, 1.165) is 18.8 Å². The molecule has 4 rings (SSSR count). The molecule has 6 atom stereocenters. The average molecular weight is 514 g/mol. The number of amides is 2. The number of anilines is 2. The molecule has 2 bridgehead atoms. The normalized spacial score (nSPS) is 28.9. The van der Waals surface area contributed by atoms with E-state index in [4.69, 9.17) is 4.74 Å². The van der Waals surface area contributed by atoms with Crippen molar-refractivity contribution in [2.45, 2.75) is 64.3 Å². The molecule has 1 spiro atoms. The molecule has 1 aromatic rings. The Labute approximate surface area is 218 Å². The SMILES string of the molecule is C=CCN(C(=O)[C@H]1N([C@@H](CO)C(C)C)C(=O)[C@@H]2[C@@H](C(=O)O)[C@H]3CC[C@]21O3)c1ccc(N(CC)CC)cc1. The van der Waals surface area contributed by atoms with Gasteiger partial charge in [0, 0.05) is 31.0 Å². The van der Waals surface area contributed by atoms with Crippen LogP contribution in [0.1, 0.15) is 40.5 Å². The molecule has 1 aromatic carbocycles. The van der Waals surface area contributed by atoms with Crippen LogP contribution in [0.2, 0.25) is 0 Å². The minimum atomic E-state index is -1.23. The Balaban J connectivity index is 1.78. The number of hydrogen-bond donors (Lipinski definition) is 2. The summed E-state index contributed by atoms with van der Waals surface area (Å²) in [5, 5.41) is 20.3. The predicted octanol–water partition coefficient (Wildman–Crippen LogP) is 2.53. The fraction of sp³-hybridized carbons (Fsp3) is 0.607. The standard InChI is InChI=1S/C28H39N3O6/c1-6-15-30(19-11-9-18(10-12-19)29(7-2)8-3)26(34)24-28-14-13-21(37-28)22(27(35)36)23(28)25(33)31(24)20(16-32)17(4)5/h6,9-12,17,20-24,32H,1,7-8,13-16H2,2-5H3,(H,35,36)/t20-,21+,22-,23-,24+,28-/m0/s1. The summed E-state index contributed by atoms with van der Waals surface area (Å²) in [7, 11) is 0. The van der Waals surface area contributed by atoms with E-state index in [9.17, 15) is 24.6 Å². The van der Waals surface area contributed by atoms with E-state index in [-0.39, 0.29) is 25.0 Å². The number of carbonyl (C=O) groups is 3. The molecule has 9 nitrogen and oxygen atoms in total. The van der Waals surface area contributed by atoms with Crippen LogP contribution >= 0.6 is 0 Å². The van der Waals surface area contributed by atoms with Gasteiger partial charge in [0.1, 0.15) is 11.6 Å². The number of hydrogen-bond acceptors (Lipinski definition) is 6. The van der Waals surface area contributed by atoms with Crippen LogP contribution < -0.4 is 9.80 Å². The van der Waals surface area contributed by atoms with Crippen LogP contribution in [0.3, 0.4) is 0 Å². The smallest absolute Gasteiger partial charge is 0.310 e. The van der Waals surface area contributed by atoms with Crippen LogP contribution in [0.4, 0.5) is 11.4 Å². The van der Waals surface area contributed by atoms with Gasteiger partial charge < -0.3 is 29.6 Å². The van der Waals surface area contributed by atoms with Crippen LogP contribution in [0.5, 0.6) is 0 Å². The van der Waals surface area contributed by atoms with Gasteiger partial charge in [0.15, 0.2) is 0 Å². The van der Waals surface area contributed by atoms with Crippen molar-refractivity contribution in [2.24, 2.45) is 17.8 Å². The molecule has 3 aliphatic heterocycles. The number of likely N-dealkylation sites (tertiary alicyclic amines) is 1. The lowest BCUT2D eigenvalue weighted by Gasteiger charge is -2.40. The lowest BCUT2D eigenvalue weighted by molar-refractivity contribution is -0.151. The van der Waals surface area contributed by atoms with E-state index < -0.39 is 47.5 Å². The molecule has 0 radical (unpaired) electrons. The molecule has 2 N–H and O–H groups in total. The summed E-state index contributed by atoms with van der Waals surface area (Å²) < 4.78 is 6.31. The van der Waals surface area contributed by atoms with Gasteiger partial charge in [0.25, 0.3) is 5.91 Å². The number of carboxylic acid groups (broad SMARTS) is 1. The third-order valence-corrected chi connectivity index (χ3v) is 8.44. The number of ether oxygens (including phenoxy) is 1. The highest BCUT2D eigenvalue weighted by molar-refractivity contribution is 6.04. The molecule has 0 saturated carbocycles. The quantitative estimate of drug-likeness (QED) is 0.438. The first-order chi connectivity index (χ1) is 17.7. The molecule has 3 aliphatic rings. The van der Waals surface area contributed by atoms with E-state index in [1.165, 1.54) is 4.90 Å². The Morgan fingerprint density at radius 2 is 1.84 bits per heavy atom. The Kier molecular flexibility index (Phi) is 7.67. The molecule has 37 heavy (non-hydrogen) atoms. The molecule has 3 heterocycles. The summed E-state index contributed by atoms with van der Waals surface area (Å²) >= 11 is 0. The fourth-order valence-corrected chi connectivity index (χ4v) is 6.66. The first kappa shape index (κ1) is 27.1. The maximum Gasteiger partial charge on any atom is 0.310 e. The summed E-state index contributed by atoms with van der Waals surface area (Å²) in [5.74, 6) is -3.97. The molecule has 0 aliphatic carbocycles. The molecule has 3 fully saturated rings. The second-order valence-electron chi connectivity index (χ2n) is 10.6. The minimum Gasteiger partial charge on any atom is -0.481 e. The van der Waals surface area contributed by atoms with Gasteiger partial charge in [-0.1, -0.05) is 19.9 Å². The Morgan fingerprint density at radius 1 is 1.22 bits per heavy atom. The van der Waals surface area contributed by atoms with Crippen molar-refractivity contribution in [2.75, 3.05) is 36.0 Å². The van der Waals surface area contributed by atoms with Gasteiger partial charge >= 0.3 is 5.97 Å². The molecule has 9 heteroatoms. The lowest BCUT2D eigenvalue weighted by atomic mass is 9.70. The van der Waals surface area contributed by atoms with Crippen molar-refractivity contribution < 1.29 is 29.3 Å². The number of benzene rings is 1. The maximum atomic E-state index is 14.4. The van der Waals surface area contributed by atoms with Gasteiger partial charge in [0.05, 0.1) is 30.6 Å². The van der Waals surface area contributed by atoms with Gasteiger partial charge in [-0.15, -0.1) is 6.58 Å². The second-order valence-corrected chi connectivity index (χ2v) is 10.6. The van der Waals surface area contributed by atoms with Crippen molar-refractivity contribution in [1.82, 2.24) is 4.90 Å². The van der Waals surface area contributed by atoms with Gasteiger partial charge in [-0.2, -0.15) is 0 Å². The summed E-state index contributed by atoms with van der Waals surface area (Å²) in [6.07, 6.45) is 1.93. The number of aliphatic carboxylic acids is 1. The number of carbonyl (C=O) groups excluding carboxylic acids is 2. The number of fused-ring (bicyclic) bond motifs is 1. The fourth-order valence-electron chi connectivity index (χ4n) is 6.66. The van der Waals surface area contributed by atoms with Crippen molar-refractivity contribution in [3.63, 3.8) is 0 Å². The number of rotatable bonds is 11. The second kappa shape index (κ2) is 10.5. The summed E-state index contributed by atoms with van der Waals surface area (Å²) in [6.45, 7) is 13.3. The summed E-state index contributed by atoms with van der Waals surface area (Å²) in [4.78, 5) is 45.8. The number of nitrogens with zero attached hydrogens (tertiary/aromatic N) is 3. The largest absolute Gasteiger partial charge is 0.481 e. The maximum absolute atomic E-state index is 14.4. The first-order valence-electron chi connectivity index (χ1n) is 13.3. The van der Waals surface area contributed by atoms with Crippen LogP contribution in [0, 0.1) is 17.8 Å². The zero-order chi connectivity index (χ0) is 27.1. The number of carboxylic acids is 1. The molecular formula is C28H39N3O6. The molecule has 2 amide bonds. The lowest BCUT2D eigenvalue weighted by Crippen LogP contribution is -2.59. The van der Waals surface area contributed by atoms with Gasteiger partial charge in [-0.25, -0.2) is 0 Å². The van der Waals surface area contributed by atoms with Crippen molar-refractivity contribution in [3.05, 3.63) is 36.9 Å². The van der Waals surface area contributed by atoms with Crippen molar-refractivity contribution in [3.8, 4) is 0 Å². The zero-order valence-corrected chi connectivity index (χ0v) is 22.2. The van der Waals surface area contributed by atoms with Gasteiger partial charge in [-0.05, 0) is 56.9 Å². The highest BCUT2D eigenvalue weighted by atomic mass is 16.5. The third-order valence-electron chi connectivity index (χ3n) is 8.44. The first-order valence-corrected chi connectivity index (χ1v) is 13.3. The van der Waals surface area contributed by atoms with Crippen LogP contribution in [-0.4, -0.2) is 82.9 Å². The number of aliphatic hydroxyl groups is 1. The van der Waals surface area contributed by atoms with E-state index in [1.54, 1.807) is 11.0 Å².